The number of amides is 2. The first-order valence-electron chi connectivity index (χ1n) is 13.1. The lowest BCUT2D eigenvalue weighted by atomic mass is 10.3. The van der Waals surface area contributed by atoms with E-state index < -0.39 is 32.2 Å². The fraction of sp³-hybridized carbons (Fsp3) is 0.179. The fourth-order valence-corrected chi connectivity index (χ4v) is 4.15. The summed E-state index contributed by atoms with van der Waals surface area (Å²) in [5, 5.41) is 10.7. The molecule has 2 amide bonds. The van der Waals surface area contributed by atoms with Crippen molar-refractivity contribution < 1.29 is 23.8 Å². The molecular weight excluding hydrogens is 763 g/mol. The van der Waals surface area contributed by atoms with Crippen LogP contribution in [0.25, 0.3) is 0 Å². The number of anilines is 4. The predicted octanol–water partition coefficient (Wildman–Crippen LogP) is 8.82. The first-order chi connectivity index (χ1) is 22.2. The van der Waals surface area contributed by atoms with E-state index in [1.807, 2.05) is 6.07 Å². The summed E-state index contributed by atoms with van der Waals surface area (Å²) in [7, 11) is 0. The third-order valence-corrected chi connectivity index (χ3v) is 6.91. The third kappa shape index (κ3) is 12.3. The maximum absolute atomic E-state index is 12.7. The minimum Gasteiger partial charge on any atom is -0.486 e. The van der Waals surface area contributed by atoms with Gasteiger partial charge < -0.3 is 24.8 Å². The Bertz CT molecular complexity index is 1630. The van der Waals surface area contributed by atoms with Crippen LogP contribution in [-0.2, 0) is 16.1 Å². The Kier molecular flexibility index (Phi) is 12.9. The first kappa shape index (κ1) is 36.5. The zero-order valence-corrected chi connectivity index (χ0v) is 28.8. The average molecular weight is 785 g/mol. The Labute approximate surface area is 303 Å². The first-order valence-corrected chi connectivity index (χ1v) is 15.7. The number of nitrogens with zero attached hydrogens (tertiary/aromatic N) is 3. The topological polar surface area (TPSA) is 149 Å². The highest BCUT2D eigenvalue weighted by molar-refractivity contribution is 6.68. The van der Waals surface area contributed by atoms with Crippen LogP contribution in [0.5, 0.6) is 5.75 Å². The molecular formula is C28H22Cl7N7O5. The van der Waals surface area contributed by atoms with Crippen LogP contribution < -0.4 is 26.0 Å². The second-order valence-electron chi connectivity index (χ2n) is 9.07. The van der Waals surface area contributed by atoms with Gasteiger partial charge in [0.05, 0.1) is 0 Å². The van der Waals surface area contributed by atoms with Gasteiger partial charge in [-0.25, -0.2) is 9.59 Å². The Morgan fingerprint density at radius 2 is 1.09 bits per heavy atom. The van der Waals surface area contributed by atoms with Crippen molar-refractivity contribution in [2.45, 2.75) is 26.6 Å². The molecule has 0 bridgehead atoms. The van der Waals surface area contributed by atoms with Gasteiger partial charge in [0.15, 0.2) is 5.82 Å². The molecule has 1 heterocycles. The Hall–Kier alpha value is -3.36. The van der Waals surface area contributed by atoms with Gasteiger partial charge in [0.2, 0.25) is 31.9 Å². The van der Waals surface area contributed by atoms with Crippen molar-refractivity contribution in [2.75, 3.05) is 21.3 Å². The predicted molar refractivity (Wildman–Crippen MR) is 184 cm³/mol. The van der Waals surface area contributed by atoms with E-state index in [0.717, 1.165) is 0 Å². The van der Waals surface area contributed by atoms with Gasteiger partial charge in [-0.05, 0) is 48.5 Å². The number of carbonyl (C=O) groups excluding carboxylic acids is 2. The quantitative estimate of drug-likeness (QED) is 0.0859. The van der Waals surface area contributed by atoms with E-state index in [2.05, 4.69) is 36.2 Å². The molecule has 0 unspecified atom stereocenters. The van der Waals surface area contributed by atoms with E-state index in [-0.39, 0.29) is 24.3 Å². The molecule has 12 nitrogen and oxygen atoms in total. The molecule has 0 spiro atoms. The van der Waals surface area contributed by atoms with Crippen LogP contribution in [0.15, 0.2) is 84.9 Å². The highest BCUT2D eigenvalue weighted by Gasteiger charge is 2.39. The number of halogens is 7. The standard InChI is InChI=1S/C28H22Cl7N7O5/c29-16-11-13-18(14-12-16)37-26(44)47-22(28(33,34)35)41-24-39-20(15-45-19-9-5-2-6-10-19)38-23(42-24)40-21(27(30,31)32)46-25(43)36-17-7-3-1-4-8-17/h1-14,21-22H,15H2,(H,36,43)(H,37,44)(H2,38,39,40,41,42)/t21-,22-/m1/s1. The molecule has 4 N–H and O–H groups in total. The van der Waals surface area contributed by atoms with Gasteiger partial charge in [-0.15, -0.1) is 0 Å². The molecule has 3 aromatic carbocycles. The van der Waals surface area contributed by atoms with Gasteiger partial charge in [-0.1, -0.05) is 118 Å². The highest BCUT2D eigenvalue weighted by Crippen LogP contribution is 2.34. The summed E-state index contributed by atoms with van der Waals surface area (Å²) < 4.78 is 11.9. The number of nitrogens with one attached hydrogen (secondary N) is 4. The molecule has 0 saturated carbocycles. The monoisotopic (exact) mass is 781 g/mol. The van der Waals surface area contributed by atoms with Gasteiger partial charge in [0.1, 0.15) is 12.4 Å². The van der Waals surface area contributed by atoms with Crippen LogP contribution in [0.3, 0.4) is 0 Å². The van der Waals surface area contributed by atoms with E-state index in [0.29, 0.717) is 22.1 Å². The number of aromatic nitrogens is 3. The van der Waals surface area contributed by atoms with Gasteiger partial charge in [0.25, 0.3) is 0 Å². The van der Waals surface area contributed by atoms with Crippen molar-refractivity contribution in [3.05, 3.63) is 95.8 Å². The Morgan fingerprint density at radius 1 is 0.638 bits per heavy atom. The molecule has 0 aliphatic rings. The van der Waals surface area contributed by atoms with Crippen LogP contribution in [0, 0.1) is 0 Å². The number of ether oxygens (including phenoxy) is 3. The van der Waals surface area contributed by atoms with Gasteiger partial charge >= 0.3 is 12.2 Å². The second kappa shape index (κ2) is 16.6. The molecule has 0 saturated heterocycles. The smallest absolute Gasteiger partial charge is 0.413 e. The fourth-order valence-electron chi connectivity index (χ4n) is 3.43. The number of carbonyl (C=O) groups is 2. The molecule has 4 rings (SSSR count). The van der Waals surface area contributed by atoms with E-state index in [1.54, 1.807) is 66.7 Å². The molecule has 47 heavy (non-hydrogen) atoms. The second-order valence-corrected chi connectivity index (χ2v) is 14.2. The Morgan fingerprint density at radius 3 is 1.55 bits per heavy atom. The minimum absolute atomic E-state index is 0.0133. The molecule has 0 fully saturated rings. The lowest BCUT2D eigenvalue weighted by Gasteiger charge is -2.27. The molecule has 0 radical (unpaired) electrons. The normalized spacial score (nSPS) is 12.7. The summed E-state index contributed by atoms with van der Waals surface area (Å²) in [5.41, 5.74) is 0.772. The summed E-state index contributed by atoms with van der Waals surface area (Å²) in [6.07, 6.45) is -5.25. The Balaban J connectivity index is 1.57. The van der Waals surface area contributed by atoms with Gasteiger partial charge in [0, 0.05) is 16.4 Å². The molecule has 19 heteroatoms. The number of alkyl halides is 6. The van der Waals surface area contributed by atoms with Crippen LogP contribution in [-0.4, -0.2) is 47.2 Å². The van der Waals surface area contributed by atoms with Crippen molar-refractivity contribution in [3.8, 4) is 5.75 Å². The summed E-state index contributed by atoms with van der Waals surface area (Å²) in [6.45, 7) is -0.194. The number of hydrogen-bond donors (Lipinski definition) is 4. The van der Waals surface area contributed by atoms with Crippen molar-refractivity contribution in [3.63, 3.8) is 0 Å². The summed E-state index contributed by atoms with van der Waals surface area (Å²) in [5.74, 6) is -0.0361. The van der Waals surface area contributed by atoms with Crippen molar-refractivity contribution in [2.24, 2.45) is 0 Å². The van der Waals surface area contributed by atoms with Crippen molar-refractivity contribution in [1.29, 1.82) is 0 Å². The van der Waals surface area contributed by atoms with Crippen LogP contribution in [0.4, 0.5) is 32.9 Å². The number of benzene rings is 3. The number of rotatable bonds is 11. The highest BCUT2D eigenvalue weighted by atomic mass is 35.6. The zero-order valence-electron chi connectivity index (χ0n) is 23.5. The summed E-state index contributed by atoms with van der Waals surface area (Å²) in [6, 6.07) is 23.4. The van der Waals surface area contributed by atoms with Crippen molar-refractivity contribution >= 4 is 117 Å². The maximum atomic E-state index is 12.7. The molecule has 0 aliphatic heterocycles. The van der Waals surface area contributed by atoms with Crippen LogP contribution in [0.2, 0.25) is 5.02 Å². The summed E-state index contributed by atoms with van der Waals surface area (Å²) in [4.78, 5) is 38.0. The average Bonchev–Trinajstić information content (AvgIpc) is 3.00. The minimum atomic E-state index is -2.24. The van der Waals surface area contributed by atoms with Crippen LogP contribution >= 0.6 is 81.2 Å². The molecule has 0 aliphatic carbocycles. The largest absolute Gasteiger partial charge is 0.486 e. The van der Waals surface area contributed by atoms with Gasteiger partial charge in [-0.3, -0.25) is 10.6 Å². The number of para-hydroxylation sites is 2. The lowest BCUT2D eigenvalue weighted by Crippen LogP contribution is -2.41. The maximum Gasteiger partial charge on any atom is 0.413 e. The van der Waals surface area contributed by atoms with Gasteiger partial charge in [-0.2, -0.15) is 15.0 Å². The van der Waals surface area contributed by atoms with E-state index in [4.69, 9.17) is 95.4 Å². The molecule has 4 aromatic rings. The molecule has 2 atom stereocenters. The van der Waals surface area contributed by atoms with E-state index in [9.17, 15) is 9.59 Å². The van der Waals surface area contributed by atoms with E-state index >= 15 is 0 Å². The number of hydrogen-bond acceptors (Lipinski definition) is 10. The zero-order chi connectivity index (χ0) is 34.0. The summed E-state index contributed by atoms with van der Waals surface area (Å²) >= 11 is 42.6. The molecule has 248 valence electrons. The van der Waals surface area contributed by atoms with E-state index in [1.165, 1.54) is 12.1 Å². The molecule has 1 aromatic heterocycles. The van der Waals surface area contributed by atoms with Crippen LogP contribution in [0.1, 0.15) is 5.82 Å². The van der Waals surface area contributed by atoms with Crippen molar-refractivity contribution in [1.82, 2.24) is 15.0 Å². The third-order valence-electron chi connectivity index (χ3n) is 5.47. The lowest BCUT2D eigenvalue weighted by molar-refractivity contribution is 0.126. The SMILES string of the molecule is O=C(Nc1ccccc1)O[C@@H](Nc1nc(COc2ccccc2)nc(N[C@H](OC(=O)Nc2ccc(Cl)cc2)C(Cl)(Cl)Cl)n1)C(Cl)(Cl)Cl.